The van der Waals surface area contributed by atoms with Gasteiger partial charge in [0, 0.05) is 25.2 Å². The van der Waals surface area contributed by atoms with Crippen LogP contribution in [-0.4, -0.2) is 33.3 Å². The number of carbonyl (C=O) groups is 2. The van der Waals surface area contributed by atoms with Crippen LogP contribution < -0.4 is 11.1 Å². The summed E-state index contributed by atoms with van der Waals surface area (Å²) in [6.45, 7) is 3.86. The lowest BCUT2D eigenvalue weighted by Crippen LogP contribution is -2.26. The molecule has 1 amide bonds. The summed E-state index contributed by atoms with van der Waals surface area (Å²) in [5, 5.41) is 12.1. The maximum atomic E-state index is 11.8. The third-order valence-corrected chi connectivity index (χ3v) is 6.04. The Kier molecular flexibility index (Phi) is 8.13. The molecule has 0 aromatic carbocycles. The van der Waals surface area contributed by atoms with Crippen LogP contribution in [0.3, 0.4) is 0 Å². The van der Waals surface area contributed by atoms with Crippen molar-refractivity contribution in [2.45, 2.75) is 71.4 Å². The molecule has 2 N–H and O–H groups in total. The molecule has 2 aromatic rings. The number of amides is 1. The first-order chi connectivity index (χ1) is 15.3. The Bertz CT molecular complexity index is 953. The highest BCUT2D eigenvalue weighted by atomic mass is 16.6. The van der Waals surface area contributed by atoms with Gasteiger partial charge in [0.2, 0.25) is 0 Å². The van der Waals surface area contributed by atoms with Gasteiger partial charge in [-0.3, -0.25) is 4.79 Å². The molecule has 10 heteroatoms. The van der Waals surface area contributed by atoms with Crippen LogP contribution in [0.4, 0.5) is 4.79 Å². The predicted octanol–water partition coefficient (Wildman–Crippen LogP) is 3.44. The zero-order valence-corrected chi connectivity index (χ0v) is 18.5. The third-order valence-electron chi connectivity index (χ3n) is 6.04. The normalized spacial score (nSPS) is 19.4. The van der Waals surface area contributed by atoms with E-state index in [2.05, 4.69) is 26.2 Å². The molecule has 176 valence electrons. The van der Waals surface area contributed by atoms with E-state index in [4.69, 9.17) is 9.15 Å². The van der Waals surface area contributed by atoms with E-state index in [9.17, 15) is 19.5 Å². The second kappa shape index (κ2) is 11.0. The summed E-state index contributed by atoms with van der Waals surface area (Å²) in [5.41, 5.74) is 0.778. The molecular weight excluding hydrogens is 418 g/mol. The largest absolute Gasteiger partial charge is 0.519 e. The van der Waals surface area contributed by atoms with E-state index in [0.717, 1.165) is 24.5 Å². The monoisotopic (exact) mass is 449 g/mol. The lowest BCUT2D eigenvalue weighted by molar-refractivity contribution is -0.142. The van der Waals surface area contributed by atoms with E-state index < -0.39 is 23.8 Å². The Morgan fingerprint density at radius 1 is 1.31 bits per heavy atom. The molecule has 3 rings (SSSR count). The summed E-state index contributed by atoms with van der Waals surface area (Å²) in [7, 11) is 0. The lowest BCUT2D eigenvalue weighted by atomic mass is 9.87. The fourth-order valence-electron chi connectivity index (χ4n) is 4.02. The standard InChI is InChI=1S/C22H31N3O7/c1-14-5-7-18(8-6-14)25-11-17(24-13-25)10-16(20(26)27)4-3-9-23-21(28)30-12-19-15(2)31-22(29)32-19/h11,13-14,16,18H,3-10,12H2,1-2H3,(H,23,28)(H,26,27)/t14-,16-,18-/m0/s1. The Morgan fingerprint density at radius 3 is 2.72 bits per heavy atom. The number of aromatic nitrogens is 2. The zero-order valence-electron chi connectivity index (χ0n) is 18.5. The first-order valence-electron chi connectivity index (χ1n) is 11.1. The van der Waals surface area contributed by atoms with Crippen molar-refractivity contribution in [1.29, 1.82) is 0 Å². The van der Waals surface area contributed by atoms with Crippen molar-refractivity contribution >= 4 is 12.1 Å². The molecular formula is C22H31N3O7. The fourth-order valence-corrected chi connectivity index (χ4v) is 4.02. The summed E-state index contributed by atoms with van der Waals surface area (Å²) < 4.78 is 16.5. The van der Waals surface area contributed by atoms with E-state index in [-0.39, 0.29) is 24.7 Å². The van der Waals surface area contributed by atoms with Gasteiger partial charge in [-0.05, 0) is 51.4 Å². The fraction of sp³-hybridized carbons (Fsp3) is 0.636. The average Bonchev–Trinajstić information content (AvgIpc) is 3.34. The molecule has 0 unspecified atom stereocenters. The third kappa shape index (κ3) is 6.73. The van der Waals surface area contributed by atoms with Crippen molar-refractivity contribution in [2.75, 3.05) is 6.54 Å². The van der Waals surface area contributed by atoms with Crippen LogP contribution in [-0.2, 0) is 22.6 Å². The first kappa shape index (κ1) is 23.6. The van der Waals surface area contributed by atoms with Gasteiger partial charge in [-0.1, -0.05) is 6.92 Å². The van der Waals surface area contributed by atoms with E-state index in [0.29, 0.717) is 25.3 Å². The second-order valence-electron chi connectivity index (χ2n) is 8.54. The first-order valence-corrected chi connectivity index (χ1v) is 11.1. The highest BCUT2D eigenvalue weighted by molar-refractivity contribution is 5.70. The molecule has 1 aliphatic rings. The van der Waals surface area contributed by atoms with Gasteiger partial charge in [0.1, 0.15) is 0 Å². The van der Waals surface area contributed by atoms with Crippen LogP contribution in [0.25, 0.3) is 0 Å². The number of nitrogens with zero attached hydrogens (tertiary/aromatic N) is 2. The van der Waals surface area contributed by atoms with Gasteiger partial charge >= 0.3 is 17.9 Å². The summed E-state index contributed by atoms with van der Waals surface area (Å²) >= 11 is 0. The minimum absolute atomic E-state index is 0.151. The van der Waals surface area contributed by atoms with Crippen LogP contribution >= 0.6 is 0 Å². The number of rotatable bonds is 10. The van der Waals surface area contributed by atoms with Crippen LogP contribution in [0.1, 0.15) is 68.7 Å². The minimum atomic E-state index is -0.876. The number of alkyl carbamates (subject to hydrolysis) is 1. The van der Waals surface area contributed by atoms with E-state index in [1.54, 1.807) is 0 Å². The Morgan fingerprint density at radius 2 is 2.06 bits per heavy atom. The molecule has 2 aromatic heterocycles. The topological polar surface area (TPSA) is 137 Å². The van der Waals surface area contributed by atoms with Crippen LogP contribution in [0.5, 0.6) is 0 Å². The van der Waals surface area contributed by atoms with Crippen LogP contribution in [0.15, 0.2) is 26.2 Å². The summed E-state index contributed by atoms with van der Waals surface area (Å²) in [6.07, 6.45) is 9.03. The van der Waals surface area contributed by atoms with Crippen molar-refractivity contribution in [1.82, 2.24) is 14.9 Å². The number of carbonyl (C=O) groups excluding carboxylic acids is 1. The number of imidazole rings is 1. The highest BCUT2D eigenvalue weighted by Gasteiger charge is 2.22. The van der Waals surface area contributed by atoms with Gasteiger partial charge < -0.3 is 28.6 Å². The Hall–Kier alpha value is -3.04. The minimum Gasteiger partial charge on any atom is -0.481 e. The molecule has 1 aliphatic carbocycles. The van der Waals surface area contributed by atoms with Gasteiger partial charge in [-0.15, -0.1) is 0 Å². The van der Waals surface area contributed by atoms with Crippen LogP contribution in [0.2, 0.25) is 0 Å². The number of carboxylic acids is 1. The number of aliphatic carboxylic acids is 1. The molecule has 0 radical (unpaired) electrons. The van der Waals surface area contributed by atoms with Gasteiger partial charge in [0.25, 0.3) is 0 Å². The molecule has 1 atom stereocenters. The molecule has 0 bridgehead atoms. The summed E-state index contributed by atoms with van der Waals surface area (Å²) in [6, 6.07) is 0.449. The van der Waals surface area contributed by atoms with Crippen molar-refractivity contribution in [2.24, 2.45) is 11.8 Å². The van der Waals surface area contributed by atoms with Crippen molar-refractivity contribution in [3.63, 3.8) is 0 Å². The van der Waals surface area contributed by atoms with Gasteiger partial charge in [-0.2, -0.15) is 0 Å². The van der Waals surface area contributed by atoms with Crippen molar-refractivity contribution in [3.8, 4) is 0 Å². The van der Waals surface area contributed by atoms with Crippen molar-refractivity contribution < 1.29 is 28.3 Å². The average molecular weight is 450 g/mol. The molecule has 1 fully saturated rings. The Labute approximate surface area is 186 Å². The van der Waals surface area contributed by atoms with Crippen LogP contribution in [0, 0.1) is 18.8 Å². The SMILES string of the molecule is Cc1oc(=O)oc1COC(=O)NCCC[C@@H](Cc1cn([C@H]2CC[C@H](C)CC2)cn1)C(=O)O. The molecule has 32 heavy (non-hydrogen) atoms. The predicted molar refractivity (Wildman–Crippen MR) is 113 cm³/mol. The summed E-state index contributed by atoms with van der Waals surface area (Å²) in [5.74, 6) is -1.12. The van der Waals surface area contributed by atoms with Gasteiger partial charge in [0.15, 0.2) is 18.1 Å². The molecule has 1 saturated carbocycles. The lowest BCUT2D eigenvalue weighted by Gasteiger charge is -2.26. The van der Waals surface area contributed by atoms with Crippen molar-refractivity contribution in [3.05, 3.63) is 40.4 Å². The molecule has 0 saturated heterocycles. The number of nitrogens with one attached hydrogen (secondary N) is 1. The maximum Gasteiger partial charge on any atom is 0.519 e. The number of ether oxygens (including phenoxy) is 1. The molecule has 0 spiro atoms. The van der Waals surface area contributed by atoms with Gasteiger partial charge in [-0.25, -0.2) is 14.6 Å². The second-order valence-corrected chi connectivity index (χ2v) is 8.54. The van der Waals surface area contributed by atoms with E-state index in [1.807, 2.05) is 12.5 Å². The smallest absolute Gasteiger partial charge is 0.481 e. The zero-order chi connectivity index (χ0) is 23.1. The maximum absolute atomic E-state index is 11.8. The molecule has 0 aliphatic heterocycles. The number of hydrogen-bond acceptors (Lipinski definition) is 7. The Balaban J connectivity index is 1.39. The van der Waals surface area contributed by atoms with E-state index in [1.165, 1.54) is 19.8 Å². The number of aryl methyl sites for hydroxylation is 1. The van der Waals surface area contributed by atoms with Gasteiger partial charge in [0.05, 0.1) is 17.9 Å². The molecule has 2 heterocycles. The van der Waals surface area contributed by atoms with E-state index >= 15 is 0 Å². The highest BCUT2D eigenvalue weighted by Crippen LogP contribution is 2.31. The quantitative estimate of drug-likeness (QED) is 0.526. The number of hydrogen-bond donors (Lipinski definition) is 2. The molecule has 10 nitrogen and oxygen atoms in total. The number of carboxylic acid groups (broad SMARTS) is 1. The summed E-state index contributed by atoms with van der Waals surface area (Å²) in [4.78, 5) is 38.8.